The van der Waals surface area contributed by atoms with Crippen molar-refractivity contribution in [2.24, 2.45) is 0 Å². The first-order chi connectivity index (χ1) is 12.5. The van der Waals surface area contributed by atoms with Gasteiger partial charge < -0.3 is 20.4 Å². The molecule has 7 heteroatoms. The predicted octanol–water partition coefficient (Wildman–Crippen LogP) is 1.89. The molecule has 1 aliphatic rings. The number of hydrogen-bond acceptors (Lipinski definition) is 5. The number of nitrogens with zero attached hydrogens (tertiary/aromatic N) is 1. The number of aliphatic hydroxyl groups excluding tert-OH is 2. The number of benzene rings is 1. The first kappa shape index (κ1) is 18.6. The Morgan fingerprint density at radius 3 is 2.58 bits per heavy atom. The van der Waals surface area contributed by atoms with Gasteiger partial charge in [0.05, 0.1) is 17.8 Å². The van der Waals surface area contributed by atoms with Crippen molar-refractivity contribution in [1.29, 1.82) is 0 Å². The van der Waals surface area contributed by atoms with Gasteiger partial charge in [-0.2, -0.15) is 11.3 Å². The molecule has 0 saturated carbocycles. The Hall–Kier alpha value is -2.22. The number of nitrogens with one attached hydrogen (secondary N) is 1. The standard InChI is InChI=1S/C19H22N2O4S/c22-16-7-9-21(11-17(16)23)18(24)6-3-13-1-4-15(5-2-13)20-19(25)14-8-10-26-12-14/h1-2,4-5,8,10,12,16-17,22-23H,3,6-7,9,11H2,(H,20,25)/t16-,17+/m0/s1. The van der Waals surface area contributed by atoms with E-state index in [1.165, 1.54) is 11.3 Å². The smallest absolute Gasteiger partial charge is 0.256 e. The van der Waals surface area contributed by atoms with Gasteiger partial charge in [-0.1, -0.05) is 12.1 Å². The number of aliphatic hydroxyl groups is 2. The van der Waals surface area contributed by atoms with E-state index in [1.54, 1.807) is 16.3 Å². The molecule has 3 N–H and O–H groups in total. The molecule has 0 unspecified atom stereocenters. The van der Waals surface area contributed by atoms with E-state index in [4.69, 9.17) is 0 Å². The average molecular weight is 374 g/mol. The monoisotopic (exact) mass is 374 g/mol. The Labute approximate surface area is 156 Å². The van der Waals surface area contributed by atoms with Crippen LogP contribution in [0.1, 0.15) is 28.8 Å². The Morgan fingerprint density at radius 1 is 1.15 bits per heavy atom. The molecule has 1 aromatic carbocycles. The average Bonchev–Trinajstić information content (AvgIpc) is 3.18. The summed E-state index contributed by atoms with van der Waals surface area (Å²) < 4.78 is 0. The van der Waals surface area contributed by atoms with Crippen molar-refractivity contribution in [3.8, 4) is 0 Å². The third-order valence-corrected chi connectivity index (χ3v) is 5.21. The van der Waals surface area contributed by atoms with Crippen molar-refractivity contribution in [3.63, 3.8) is 0 Å². The molecule has 138 valence electrons. The zero-order valence-corrected chi connectivity index (χ0v) is 15.1. The number of likely N-dealkylation sites (tertiary alicyclic amines) is 1. The number of carbonyl (C=O) groups is 2. The van der Waals surface area contributed by atoms with Gasteiger partial charge in [0.1, 0.15) is 0 Å². The maximum Gasteiger partial charge on any atom is 0.256 e. The molecule has 1 aromatic heterocycles. The van der Waals surface area contributed by atoms with E-state index in [0.717, 1.165) is 5.56 Å². The van der Waals surface area contributed by atoms with E-state index < -0.39 is 12.2 Å². The van der Waals surface area contributed by atoms with Crippen molar-refractivity contribution >= 4 is 28.8 Å². The molecule has 0 spiro atoms. The molecule has 0 aliphatic carbocycles. The van der Waals surface area contributed by atoms with Gasteiger partial charge in [0.2, 0.25) is 5.91 Å². The van der Waals surface area contributed by atoms with Crippen LogP contribution in [-0.4, -0.2) is 52.2 Å². The highest BCUT2D eigenvalue weighted by Crippen LogP contribution is 2.16. The number of thiophene rings is 1. The Balaban J connectivity index is 1.48. The van der Waals surface area contributed by atoms with Crippen LogP contribution in [0.5, 0.6) is 0 Å². The van der Waals surface area contributed by atoms with Gasteiger partial charge in [-0.15, -0.1) is 0 Å². The lowest BCUT2D eigenvalue weighted by Gasteiger charge is -2.33. The highest BCUT2D eigenvalue weighted by atomic mass is 32.1. The zero-order valence-electron chi connectivity index (χ0n) is 14.3. The van der Waals surface area contributed by atoms with Gasteiger partial charge in [-0.3, -0.25) is 9.59 Å². The molecule has 1 fully saturated rings. The number of hydrogen-bond donors (Lipinski definition) is 3. The molecule has 2 heterocycles. The fraction of sp³-hybridized carbons (Fsp3) is 0.368. The number of aryl methyl sites for hydroxylation is 1. The summed E-state index contributed by atoms with van der Waals surface area (Å²) in [6.45, 7) is 0.665. The van der Waals surface area contributed by atoms with Crippen LogP contribution in [0.3, 0.4) is 0 Å². The number of rotatable bonds is 5. The van der Waals surface area contributed by atoms with E-state index in [1.807, 2.05) is 29.6 Å². The third-order valence-electron chi connectivity index (χ3n) is 4.52. The second kappa shape index (κ2) is 8.44. The second-order valence-electron chi connectivity index (χ2n) is 6.43. The first-order valence-electron chi connectivity index (χ1n) is 8.59. The van der Waals surface area contributed by atoms with Crippen LogP contribution in [0.4, 0.5) is 5.69 Å². The van der Waals surface area contributed by atoms with Crippen LogP contribution in [0, 0.1) is 0 Å². The predicted molar refractivity (Wildman–Crippen MR) is 100 cm³/mol. The SMILES string of the molecule is O=C(Nc1ccc(CCC(=O)N2CC[C@H](O)[C@H](O)C2)cc1)c1ccsc1. The zero-order chi connectivity index (χ0) is 18.5. The highest BCUT2D eigenvalue weighted by molar-refractivity contribution is 7.08. The molecule has 2 amide bonds. The summed E-state index contributed by atoms with van der Waals surface area (Å²) >= 11 is 1.48. The van der Waals surface area contributed by atoms with Gasteiger partial charge in [0, 0.05) is 30.6 Å². The van der Waals surface area contributed by atoms with Crippen LogP contribution >= 0.6 is 11.3 Å². The number of piperidine rings is 1. The molecule has 0 radical (unpaired) electrons. The Kier molecular flexibility index (Phi) is 6.03. The van der Waals surface area contributed by atoms with Crippen LogP contribution in [0.15, 0.2) is 41.1 Å². The third kappa shape index (κ3) is 4.69. The molecular formula is C19H22N2O4S. The van der Waals surface area contributed by atoms with Crippen molar-refractivity contribution in [2.45, 2.75) is 31.5 Å². The fourth-order valence-corrected chi connectivity index (χ4v) is 3.54. The number of anilines is 1. The maximum absolute atomic E-state index is 12.2. The maximum atomic E-state index is 12.2. The fourth-order valence-electron chi connectivity index (χ4n) is 2.91. The minimum absolute atomic E-state index is 0.0224. The van der Waals surface area contributed by atoms with Gasteiger partial charge in [-0.25, -0.2) is 0 Å². The summed E-state index contributed by atoms with van der Waals surface area (Å²) in [5.74, 6) is -0.161. The second-order valence-corrected chi connectivity index (χ2v) is 7.21. The number of β-amino-alcohol motifs (C(OH)–C–C–N with tert-alkyl or cyclic N) is 1. The van der Waals surface area contributed by atoms with Crippen LogP contribution in [0.25, 0.3) is 0 Å². The number of amides is 2. The molecule has 3 rings (SSSR count). The number of carbonyl (C=O) groups excluding carboxylic acids is 2. The lowest BCUT2D eigenvalue weighted by Crippen LogP contribution is -2.49. The Bertz CT molecular complexity index is 745. The van der Waals surface area contributed by atoms with E-state index in [9.17, 15) is 19.8 Å². The lowest BCUT2D eigenvalue weighted by molar-refractivity contribution is -0.137. The first-order valence-corrected chi connectivity index (χ1v) is 9.53. The molecule has 1 saturated heterocycles. The van der Waals surface area contributed by atoms with Crippen LogP contribution < -0.4 is 5.32 Å². The molecule has 6 nitrogen and oxygen atoms in total. The normalized spacial score (nSPS) is 20.0. The molecule has 1 aliphatic heterocycles. The van der Waals surface area contributed by atoms with Gasteiger partial charge in [-0.05, 0) is 42.0 Å². The van der Waals surface area contributed by atoms with Crippen molar-refractivity contribution in [2.75, 3.05) is 18.4 Å². The van der Waals surface area contributed by atoms with Gasteiger partial charge in [0.25, 0.3) is 5.91 Å². The molecule has 0 bridgehead atoms. The molecular weight excluding hydrogens is 352 g/mol. The van der Waals surface area contributed by atoms with Crippen molar-refractivity contribution < 1.29 is 19.8 Å². The largest absolute Gasteiger partial charge is 0.390 e. The summed E-state index contributed by atoms with van der Waals surface area (Å²) in [4.78, 5) is 25.9. The topological polar surface area (TPSA) is 89.9 Å². The minimum atomic E-state index is -0.862. The minimum Gasteiger partial charge on any atom is -0.390 e. The van der Waals surface area contributed by atoms with E-state index in [0.29, 0.717) is 37.1 Å². The van der Waals surface area contributed by atoms with E-state index >= 15 is 0 Å². The van der Waals surface area contributed by atoms with Crippen molar-refractivity contribution in [1.82, 2.24) is 4.90 Å². The van der Waals surface area contributed by atoms with Gasteiger partial charge in [0.15, 0.2) is 0 Å². The van der Waals surface area contributed by atoms with Crippen LogP contribution in [0.2, 0.25) is 0 Å². The van der Waals surface area contributed by atoms with Gasteiger partial charge >= 0.3 is 0 Å². The summed E-state index contributed by atoms with van der Waals surface area (Å²) in [5.41, 5.74) is 2.35. The van der Waals surface area contributed by atoms with Crippen LogP contribution in [-0.2, 0) is 11.2 Å². The summed E-state index contributed by atoms with van der Waals surface area (Å²) in [7, 11) is 0. The van der Waals surface area contributed by atoms with Crippen molar-refractivity contribution in [3.05, 3.63) is 52.2 Å². The van der Waals surface area contributed by atoms with E-state index in [2.05, 4.69) is 5.32 Å². The Morgan fingerprint density at radius 2 is 1.92 bits per heavy atom. The summed E-state index contributed by atoms with van der Waals surface area (Å²) in [6, 6.07) is 9.21. The quantitative estimate of drug-likeness (QED) is 0.745. The highest BCUT2D eigenvalue weighted by Gasteiger charge is 2.28. The molecule has 2 atom stereocenters. The van der Waals surface area contributed by atoms with E-state index in [-0.39, 0.29) is 18.4 Å². The summed E-state index contributed by atoms with van der Waals surface area (Å²) in [5, 5.41) is 25.7. The molecule has 26 heavy (non-hydrogen) atoms. The lowest BCUT2D eigenvalue weighted by atomic mass is 10.0. The molecule has 2 aromatic rings. The summed E-state index contributed by atoms with van der Waals surface area (Å²) in [6.07, 6.45) is -0.253.